The van der Waals surface area contributed by atoms with Crippen LogP contribution in [0.5, 0.6) is 17.2 Å². The number of hydrogen-bond acceptors (Lipinski definition) is 7. The number of methoxy groups -OCH3 is 3. The zero-order valence-electron chi connectivity index (χ0n) is 18.4. The third kappa shape index (κ3) is 3.84. The van der Waals surface area contributed by atoms with Gasteiger partial charge in [0.15, 0.2) is 11.5 Å². The lowest BCUT2D eigenvalue weighted by Gasteiger charge is -2.29. The fourth-order valence-electron chi connectivity index (χ4n) is 3.83. The molecule has 0 aliphatic carbocycles. The first kappa shape index (κ1) is 21.2. The van der Waals surface area contributed by atoms with Crippen molar-refractivity contribution >= 4 is 11.9 Å². The Labute approximate surface area is 186 Å². The number of allylic oxidation sites excluding steroid dienone is 1. The molecule has 9 heteroatoms. The molecule has 1 amide bonds. The third-order valence-electron chi connectivity index (χ3n) is 5.34. The fraction of sp³-hybridized carbons (Fsp3) is 0.261. The van der Waals surface area contributed by atoms with Crippen molar-refractivity contribution in [3.8, 4) is 17.2 Å². The second kappa shape index (κ2) is 9.01. The van der Waals surface area contributed by atoms with Crippen LogP contribution in [0.25, 0.3) is 0 Å². The molecule has 0 spiro atoms. The Morgan fingerprint density at radius 2 is 1.78 bits per heavy atom. The van der Waals surface area contributed by atoms with Crippen molar-refractivity contribution in [1.82, 2.24) is 20.1 Å². The molecule has 166 valence electrons. The maximum Gasteiger partial charge on any atom is 0.251 e. The Kier molecular flexibility index (Phi) is 5.98. The van der Waals surface area contributed by atoms with Crippen LogP contribution in [0, 0.1) is 0 Å². The Bertz CT molecular complexity index is 1130. The van der Waals surface area contributed by atoms with Crippen LogP contribution < -0.4 is 24.8 Å². The van der Waals surface area contributed by atoms with E-state index >= 15 is 0 Å². The molecule has 1 aromatic heterocycles. The molecule has 9 nitrogen and oxygen atoms in total. The van der Waals surface area contributed by atoms with Crippen molar-refractivity contribution < 1.29 is 19.0 Å². The average molecular weight is 435 g/mol. The van der Waals surface area contributed by atoms with E-state index < -0.39 is 6.04 Å². The summed E-state index contributed by atoms with van der Waals surface area (Å²) in [6, 6.07) is 12.8. The lowest BCUT2D eigenvalue weighted by atomic mass is 9.94. The largest absolute Gasteiger partial charge is 0.493 e. The molecule has 0 unspecified atom stereocenters. The zero-order valence-corrected chi connectivity index (χ0v) is 18.4. The van der Waals surface area contributed by atoms with E-state index in [4.69, 9.17) is 14.2 Å². The highest BCUT2D eigenvalue weighted by atomic mass is 16.5. The summed E-state index contributed by atoms with van der Waals surface area (Å²) in [6.07, 6.45) is 1.45. The van der Waals surface area contributed by atoms with Gasteiger partial charge in [0.2, 0.25) is 11.7 Å². The molecule has 1 aliphatic heterocycles. The van der Waals surface area contributed by atoms with Crippen LogP contribution in [0.1, 0.15) is 24.1 Å². The number of anilines is 1. The second-order valence-electron chi connectivity index (χ2n) is 7.22. The van der Waals surface area contributed by atoms with E-state index in [0.717, 1.165) is 11.1 Å². The quantitative estimate of drug-likeness (QED) is 0.589. The molecule has 1 aliphatic rings. The van der Waals surface area contributed by atoms with E-state index in [9.17, 15) is 4.79 Å². The van der Waals surface area contributed by atoms with E-state index in [0.29, 0.717) is 41.0 Å². The number of rotatable bonds is 7. The molecule has 2 aromatic carbocycles. The molecule has 32 heavy (non-hydrogen) atoms. The summed E-state index contributed by atoms with van der Waals surface area (Å²) in [5, 5.41) is 10.6. The molecule has 2 N–H and O–H groups in total. The van der Waals surface area contributed by atoms with E-state index in [1.807, 2.05) is 49.4 Å². The van der Waals surface area contributed by atoms with Gasteiger partial charge in [-0.15, -0.1) is 0 Å². The summed E-state index contributed by atoms with van der Waals surface area (Å²) < 4.78 is 18.2. The number of benzene rings is 2. The normalized spacial score (nSPS) is 14.9. The van der Waals surface area contributed by atoms with Crippen LogP contribution in [0.15, 0.2) is 60.1 Å². The van der Waals surface area contributed by atoms with Crippen molar-refractivity contribution in [1.29, 1.82) is 0 Å². The molecule has 0 fully saturated rings. The number of nitrogens with one attached hydrogen (secondary N) is 2. The first-order valence-corrected chi connectivity index (χ1v) is 10.1. The number of amides is 1. The van der Waals surface area contributed by atoms with E-state index in [1.165, 1.54) is 6.33 Å². The molecule has 0 radical (unpaired) electrons. The first-order chi connectivity index (χ1) is 15.6. The molecule has 3 aromatic rings. The monoisotopic (exact) mass is 435 g/mol. The molecule has 4 rings (SSSR count). The zero-order chi connectivity index (χ0) is 22.7. The highest BCUT2D eigenvalue weighted by Gasteiger charge is 2.34. The first-order valence-electron chi connectivity index (χ1n) is 10.1. The Morgan fingerprint density at radius 1 is 1.09 bits per heavy atom. The van der Waals surface area contributed by atoms with Crippen LogP contribution in [-0.2, 0) is 11.3 Å². The van der Waals surface area contributed by atoms with Gasteiger partial charge < -0.3 is 24.8 Å². The molecule has 0 saturated carbocycles. The molecule has 0 saturated heterocycles. The van der Waals surface area contributed by atoms with Gasteiger partial charge in [0.25, 0.3) is 5.91 Å². The van der Waals surface area contributed by atoms with Gasteiger partial charge in [-0.2, -0.15) is 10.1 Å². The number of nitrogens with zero attached hydrogens (tertiary/aromatic N) is 3. The Hall–Kier alpha value is -4.01. The van der Waals surface area contributed by atoms with Crippen molar-refractivity contribution in [3.63, 3.8) is 0 Å². The highest BCUT2D eigenvalue weighted by Crippen LogP contribution is 2.43. The van der Waals surface area contributed by atoms with Gasteiger partial charge in [-0.05, 0) is 30.2 Å². The van der Waals surface area contributed by atoms with Crippen LogP contribution >= 0.6 is 0 Å². The molecule has 0 bridgehead atoms. The van der Waals surface area contributed by atoms with Crippen molar-refractivity contribution in [3.05, 3.63) is 71.2 Å². The summed E-state index contributed by atoms with van der Waals surface area (Å²) in [4.78, 5) is 17.6. The smallest absolute Gasteiger partial charge is 0.251 e. The number of fused-ring (bicyclic) bond motifs is 1. The van der Waals surface area contributed by atoms with Gasteiger partial charge >= 0.3 is 0 Å². The maximum absolute atomic E-state index is 13.4. The summed E-state index contributed by atoms with van der Waals surface area (Å²) in [6.45, 7) is 2.25. The van der Waals surface area contributed by atoms with Crippen molar-refractivity contribution in [2.75, 3.05) is 26.6 Å². The van der Waals surface area contributed by atoms with Crippen molar-refractivity contribution in [2.24, 2.45) is 0 Å². The summed E-state index contributed by atoms with van der Waals surface area (Å²) in [5.74, 6) is 1.79. The maximum atomic E-state index is 13.4. The Morgan fingerprint density at radius 3 is 2.41 bits per heavy atom. The van der Waals surface area contributed by atoms with Gasteiger partial charge in [0.1, 0.15) is 12.4 Å². The van der Waals surface area contributed by atoms with Crippen LogP contribution in [0.3, 0.4) is 0 Å². The van der Waals surface area contributed by atoms with Crippen molar-refractivity contribution in [2.45, 2.75) is 19.5 Å². The van der Waals surface area contributed by atoms with E-state index in [1.54, 1.807) is 26.0 Å². The summed E-state index contributed by atoms with van der Waals surface area (Å²) in [5.41, 5.74) is 2.97. The van der Waals surface area contributed by atoms with Gasteiger partial charge in [0.05, 0.1) is 26.9 Å². The second-order valence-corrected chi connectivity index (χ2v) is 7.22. The van der Waals surface area contributed by atoms with Gasteiger partial charge in [-0.25, -0.2) is 4.68 Å². The predicted octanol–water partition coefficient (Wildman–Crippen LogP) is 2.91. The lowest BCUT2D eigenvalue weighted by Crippen LogP contribution is -2.35. The fourth-order valence-corrected chi connectivity index (χ4v) is 3.83. The molecular formula is C23H25N5O4. The number of carbonyl (C=O) groups is 1. The number of aromatic nitrogens is 3. The number of ether oxygens (including phenoxy) is 3. The minimum absolute atomic E-state index is 0.209. The van der Waals surface area contributed by atoms with Crippen LogP contribution in [-0.4, -0.2) is 42.0 Å². The van der Waals surface area contributed by atoms with Gasteiger partial charge in [-0.1, -0.05) is 30.3 Å². The van der Waals surface area contributed by atoms with Gasteiger partial charge in [0, 0.05) is 12.2 Å². The number of hydrogen-bond donors (Lipinski definition) is 2. The standard InChI is InChI=1S/C23H25N5O4/c1-14-19(22(29)24-12-15-8-6-5-7-9-15)20(28-23(27-14)25-13-26-28)16-10-17(30-2)21(32-4)18(11-16)31-3/h5-11,13,20H,12H2,1-4H3,(H,24,29)(H,25,26,27)/t20-/m0/s1. The van der Waals surface area contributed by atoms with Crippen LogP contribution in [0.2, 0.25) is 0 Å². The van der Waals surface area contributed by atoms with Crippen LogP contribution in [0.4, 0.5) is 5.95 Å². The molecular weight excluding hydrogens is 410 g/mol. The SMILES string of the molecule is COc1cc([C@H]2C(C(=O)NCc3ccccc3)=C(C)Nc3ncnn32)cc(OC)c1OC. The molecule has 2 heterocycles. The average Bonchev–Trinajstić information content (AvgIpc) is 3.29. The number of carbonyl (C=O) groups excluding carboxylic acids is 1. The predicted molar refractivity (Wildman–Crippen MR) is 119 cm³/mol. The third-order valence-corrected chi connectivity index (χ3v) is 5.34. The topological polar surface area (TPSA) is 99.5 Å². The lowest BCUT2D eigenvalue weighted by molar-refractivity contribution is -0.118. The summed E-state index contributed by atoms with van der Waals surface area (Å²) >= 11 is 0. The highest BCUT2D eigenvalue weighted by molar-refractivity contribution is 5.96. The van der Waals surface area contributed by atoms with E-state index in [2.05, 4.69) is 20.7 Å². The summed E-state index contributed by atoms with van der Waals surface area (Å²) in [7, 11) is 4.66. The minimum Gasteiger partial charge on any atom is -0.493 e. The van der Waals surface area contributed by atoms with E-state index in [-0.39, 0.29) is 5.91 Å². The Balaban J connectivity index is 1.77. The minimum atomic E-state index is -0.543. The van der Waals surface area contributed by atoms with Gasteiger partial charge in [-0.3, -0.25) is 4.79 Å². The molecule has 1 atom stereocenters.